The summed E-state index contributed by atoms with van der Waals surface area (Å²) in [5, 5.41) is 12.2. The minimum Gasteiger partial charge on any atom is -0.505 e. The first-order valence-electron chi connectivity index (χ1n) is 5.81. The average molecular weight is 249 g/mol. The average Bonchev–Trinajstić information content (AvgIpc) is 2.79. The van der Waals surface area contributed by atoms with Crippen LogP contribution in [0.4, 0.5) is 10.1 Å². The largest absolute Gasteiger partial charge is 0.505 e. The van der Waals surface area contributed by atoms with Gasteiger partial charge in [0.2, 0.25) is 0 Å². The Balaban J connectivity index is 2.07. The molecule has 0 saturated carbocycles. The zero-order chi connectivity index (χ0) is 13.1. The van der Waals surface area contributed by atoms with Crippen LogP contribution in [0.3, 0.4) is 0 Å². The lowest BCUT2D eigenvalue weighted by Gasteiger charge is -2.13. The standard InChI is InChI=1S/C13H16FN3O/c1-9(2)17-8-15-6-11(17)7-16-10-3-4-13(18)12(14)5-10/h3-6,8-9,16,18H,7H2,1-2H3. The number of hydrogen-bond acceptors (Lipinski definition) is 3. The van der Waals surface area contributed by atoms with Gasteiger partial charge in [0.1, 0.15) is 0 Å². The van der Waals surface area contributed by atoms with Crippen LogP contribution in [0, 0.1) is 5.82 Å². The third kappa shape index (κ3) is 2.61. The summed E-state index contributed by atoms with van der Waals surface area (Å²) < 4.78 is 15.2. The Labute approximate surface area is 105 Å². The van der Waals surface area contributed by atoms with E-state index >= 15 is 0 Å². The molecule has 0 aliphatic heterocycles. The zero-order valence-corrected chi connectivity index (χ0v) is 10.4. The van der Waals surface area contributed by atoms with E-state index in [4.69, 9.17) is 5.11 Å². The van der Waals surface area contributed by atoms with Crippen molar-refractivity contribution in [3.8, 4) is 5.75 Å². The van der Waals surface area contributed by atoms with Gasteiger partial charge in [-0.3, -0.25) is 0 Å². The second kappa shape index (κ2) is 5.08. The van der Waals surface area contributed by atoms with Gasteiger partial charge in [-0.25, -0.2) is 9.37 Å². The van der Waals surface area contributed by atoms with Crippen LogP contribution in [0.25, 0.3) is 0 Å². The van der Waals surface area contributed by atoms with Gasteiger partial charge in [0.25, 0.3) is 0 Å². The van der Waals surface area contributed by atoms with Crippen molar-refractivity contribution in [2.45, 2.75) is 26.4 Å². The van der Waals surface area contributed by atoms with Crippen molar-refractivity contribution in [3.63, 3.8) is 0 Å². The molecule has 2 rings (SSSR count). The van der Waals surface area contributed by atoms with Crippen LogP contribution in [-0.2, 0) is 6.54 Å². The highest BCUT2D eigenvalue weighted by atomic mass is 19.1. The van der Waals surface area contributed by atoms with Gasteiger partial charge in [0.15, 0.2) is 11.6 Å². The predicted molar refractivity (Wildman–Crippen MR) is 68.0 cm³/mol. The van der Waals surface area contributed by atoms with E-state index < -0.39 is 5.82 Å². The van der Waals surface area contributed by atoms with E-state index in [1.807, 2.05) is 4.57 Å². The Morgan fingerprint density at radius 1 is 1.44 bits per heavy atom. The van der Waals surface area contributed by atoms with Crippen molar-refractivity contribution in [1.29, 1.82) is 0 Å². The maximum absolute atomic E-state index is 13.1. The first-order chi connectivity index (χ1) is 8.58. The van der Waals surface area contributed by atoms with Crippen molar-refractivity contribution < 1.29 is 9.50 Å². The summed E-state index contributed by atoms with van der Waals surface area (Å²) in [7, 11) is 0. The third-order valence-electron chi connectivity index (χ3n) is 2.72. The van der Waals surface area contributed by atoms with Crippen LogP contribution >= 0.6 is 0 Å². The molecule has 0 aliphatic rings. The van der Waals surface area contributed by atoms with E-state index in [0.717, 1.165) is 5.69 Å². The minimum atomic E-state index is -0.627. The second-order valence-corrected chi connectivity index (χ2v) is 4.41. The second-order valence-electron chi connectivity index (χ2n) is 4.41. The number of imidazole rings is 1. The summed E-state index contributed by atoms with van der Waals surface area (Å²) in [6.07, 6.45) is 3.56. The van der Waals surface area contributed by atoms with E-state index in [1.165, 1.54) is 12.1 Å². The monoisotopic (exact) mass is 249 g/mol. The van der Waals surface area contributed by atoms with Crippen LogP contribution in [-0.4, -0.2) is 14.7 Å². The van der Waals surface area contributed by atoms with Crippen molar-refractivity contribution in [1.82, 2.24) is 9.55 Å². The molecule has 18 heavy (non-hydrogen) atoms. The highest BCUT2D eigenvalue weighted by Gasteiger charge is 2.06. The number of aromatic nitrogens is 2. The van der Waals surface area contributed by atoms with E-state index in [-0.39, 0.29) is 5.75 Å². The SMILES string of the molecule is CC(C)n1cncc1CNc1ccc(O)c(F)c1. The zero-order valence-electron chi connectivity index (χ0n) is 10.4. The fourth-order valence-electron chi connectivity index (χ4n) is 1.74. The van der Waals surface area contributed by atoms with E-state index in [0.29, 0.717) is 18.3 Å². The normalized spacial score (nSPS) is 10.9. The lowest BCUT2D eigenvalue weighted by molar-refractivity contribution is 0.432. The Morgan fingerprint density at radius 3 is 2.89 bits per heavy atom. The molecular formula is C13H16FN3O. The Bertz CT molecular complexity index is 537. The summed E-state index contributed by atoms with van der Waals surface area (Å²) in [6, 6.07) is 4.57. The van der Waals surface area contributed by atoms with Crippen LogP contribution in [0.5, 0.6) is 5.75 Å². The van der Waals surface area contributed by atoms with E-state index in [2.05, 4.69) is 24.1 Å². The van der Waals surface area contributed by atoms with Crippen LogP contribution in [0.15, 0.2) is 30.7 Å². The molecule has 1 aromatic heterocycles. The molecular weight excluding hydrogens is 233 g/mol. The van der Waals surface area contributed by atoms with E-state index in [9.17, 15) is 4.39 Å². The number of nitrogens with zero attached hydrogens (tertiary/aromatic N) is 2. The first kappa shape index (κ1) is 12.4. The molecule has 0 atom stereocenters. The summed E-state index contributed by atoms with van der Waals surface area (Å²) >= 11 is 0. The van der Waals surface area contributed by atoms with Crippen LogP contribution < -0.4 is 5.32 Å². The quantitative estimate of drug-likeness (QED) is 0.819. The Hall–Kier alpha value is -2.04. The molecule has 0 spiro atoms. The lowest BCUT2D eigenvalue weighted by atomic mass is 10.3. The summed E-state index contributed by atoms with van der Waals surface area (Å²) in [5.74, 6) is -0.967. The summed E-state index contributed by atoms with van der Waals surface area (Å²) in [6.45, 7) is 4.71. The molecule has 0 aliphatic carbocycles. The molecule has 0 amide bonds. The van der Waals surface area contributed by atoms with Gasteiger partial charge < -0.3 is 15.0 Å². The number of benzene rings is 1. The molecule has 2 N–H and O–H groups in total. The van der Waals surface area contributed by atoms with Gasteiger partial charge >= 0.3 is 0 Å². The summed E-state index contributed by atoms with van der Waals surface area (Å²) in [5.41, 5.74) is 1.65. The number of phenolic OH excluding ortho intramolecular Hbond substituents is 1. The summed E-state index contributed by atoms with van der Waals surface area (Å²) in [4.78, 5) is 4.10. The number of nitrogens with one attached hydrogen (secondary N) is 1. The molecule has 0 fully saturated rings. The number of rotatable bonds is 4. The first-order valence-corrected chi connectivity index (χ1v) is 5.81. The van der Waals surface area contributed by atoms with Gasteiger partial charge in [-0.1, -0.05) is 0 Å². The van der Waals surface area contributed by atoms with Crippen molar-refractivity contribution in [3.05, 3.63) is 42.2 Å². The molecule has 96 valence electrons. The molecule has 0 radical (unpaired) electrons. The smallest absolute Gasteiger partial charge is 0.166 e. The maximum atomic E-state index is 13.1. The van der Waals surface area contributed by atoms with Crippen molar-refractivity contribution in [2.75, 3.05) is 5.32 Å². The molecule has 0 bridgehead atoms. The fourth-order valence-corrected chi connectivity index (χ4v) is 1.74. The number of halogens is 1. The molecule has 1 aromatic carbocycles. The topological polar surface area (TPSA) is 50.1 Å². The van der Waals surface area contributed by atoms with E-state index in [1.54, 1.807) is 18.6 Å². The Morgan fingerprint density at radius 2 is 2.22 bits per heavy atom. The van der Waals surface area contributed by atoms with Gasteiger partial charge in [-0.15, -0.1) is 0 Å². The molecule has 4 nitrogen and oxygen atoms in total. The Kier molecular flexibility index (Phi) is 3.50. The van der Waals surface area contributed by atoms with Gasteiger partial charge in [0, 0.05) is 24.0 Å². The predicted octanol–water partition coefficient (Wildman–Crippen LogP) is 2.92. The number of hydrogen-bond donors (Lipinski definition) is 2. The van der Waals surface area contributed by atoms with Crippen LogP contribution in [0.2, 0.25) is 0 Å². The highest BCUT2D eigenvalue weighted by Crippen LogP contribution is 2.20. The highest BCUT2D eigenvalue weighted by molar-refractivity contribution is 5.47. The fraction of sp³-hybridized carbons (Fsp3) is 0.308. The molecule has 1 heterocycles. The minimum absolute atomic E-state index is 0.334. The number of aromatic hydroxyl groups is 1. The van der Waals surface area contributed by atoms with Gasteiger partial charge in [0.05, 0.1) is 18.6 Å². The van der Waals surface area contributed by atoms with Crippen molar-refractivity contribution in [2.24, 2.45) is 0 Å². The van der Waals surface area contributed by atoms with Crippen molar-refractivity contribution >= 4 is 5.69 Å². The number of phenols is 1. The molecule has 0 saturated heterocycles. The number of anilines is 1. The molecule has 5 heteroatoms. The molecule has 2 aromatic rings. The third-order valence-corrected chi connectivity index (χ3v) is 2.72. The van der Waals surface area contributed by atoms with Gasteiger partial charge in [-0.2, -0.15) is 0 Å². The van der Waals surface area contributed by atoms with Gasteiger partial charge in [-0.05, 0) is 26.0 Å². The lowest BCUT2D eigenvalue weighted by Crippen LogP contribution is -2.08. The maximum Gasteiger partial charge on any atom is 0.166 e. The molecule has 0 unspecified atom stereocenters. The van der Waals surface area contributed by atoms with Crippen LogP contribution in [0.1, 0.15) is 25.6 Å².